The van der Waals surface area contributed by atoms with Gasteiger partial charge in [-0.2, -0.15) is 0 Å². The summed E-state index contributed by atoms with van der Waals surface area (Å²) in [5.41, 5.74) is 20.4. The molecule has 0 saturated carbocycles. The largest absolute Gasteiger partial charge is 0.497 e. The molecule has 0 fully saturated rings. The van der Waals surface area contributed by atoms with Crippen molar-refractivity contribution in [3.8, 4) is 11.5 Å². The Morgan fingerprint density at radius 1 is 0.800 bits per heavy atom. The Balaban J connectivity index is 1.77. The van der Waals surface area contributed by atoms with Gasteiger partial charge in [-0.25, -0.2) is 0 Å². The van der Waals surface area contributed by atoms with Crippen LogP contribution in [0.4, 0.5) is 5.69 Å². The van der Waals surface area contributed by atoms with Gasteiger partial charge >= 0.3 is 0 Å². The quantitative estimate of drug-likeness (QED) is 0.620. The number of ether oxygens (including phenoxy) is 2. The van der Waals surface area contributed by atoms with Crippen LogP contribution in [0.3, 0.4) is 0 Å². The molecule has 1 aliphatic carbocycles. The molecule has 0 bridgehead atoms. The van der Waals surface area contributed by atoms with Crippen molar-refractivity contribution in [3.63, 3.8) is 0 Å². The number of fused-ring (bicyclic) bond motifs is 1. The molecule has 0 heterocycles. The van der Waals surface area contributed by atoms with Crippen LogP contribution in [0, 0.1) is 0 Å². The second-order valence-corrected chi connectivity index (χ2v) is 7.44. The van der Waals surface area contributed by atoms with Gasteiger partial charge in [-0.1, -0.05) is 36.4 Å². The summed E-state index contributed by atoms with van der Waals surface area (Å²) in [6.07, 6.45) is 5.09. The SMILES string of the molecule is COc1ccc(C=C2Cc3cc(N)ccc3C(=Cc3ccc(OC)cc3)C2N)cc1. The molecule has 0 amide bonds. The standard InChI is InChI=1S/C26H26N2O2/c1-29-22-8-3-17(4-9-22)13-20-15-19-16-21(27)7-12-24(19)25(26(20)28)14-18-5-10-23(30-2)11-6-18/h3-14,16,26H,15,27-28H2,1-2H3. The summed E-state index contributed by atoms with van der Waals surface area (Å²) >= 11 is 0. The van der Waals surface area contributed by atoms with E-state index in [-0.39, 0.29) is 6.04 Å². The minimum Gasteiger partial charge on any atom is -0.497 e. The zero-order chi connectivity index (χ0) is 21.1. The Kier molecular flexibility index (Phi) is 5.59. The summed E-state index contributed by atoms with van der Waals surface area (Å²) in [5, 5.41) is 0. The van der Waals surface area contributed by atoms with Crippen molar-refractivity contribution >= 4 is 23.4 Å². The van der Waals surface area contributed by atoms with E-state index in [0.29, 0.717) is 0 Å². The van der Waals surface area contributed by atoms with Crippen molar-refractivity contribution in [1.29, 1.82) is 0 Å². The van der Waals surface area contributed by atoms with Gasteiger partial charge in [-0.15, -0.1) is 0 Å². The molecule has 4 nitrogen and oxygen atoms in total. The van der Waals surface area contributed by atoms with Crippen molar-refractivity contribution < 1.29 is 9.47 Å². The Labute approximate surface area is 177 Å². The highest BCUT2D eigenvalue weighted by atomic mass is 16.5. The first-order valence-electron chi connectivity index (χ1n) is 9.92. The van der Waals surface area contributed by atoms with Crippen LogP contribution in [0.25, 0.3) is 17.7 Å². The van der Waals surface area contributed by atoms with E-state index >= 15 is 0 Å². The van der Waals surface area contributed by atoms with Crippen molar-refractivity contribution in [1.82, 2.24) is 0 Å². The van der Waals surface area contributed by atoms with Crippen LogP contribution < -0.4 is 20.9 Å². The Morgan fingerprint density at radius 3 is 1.93 bits per heavy atom. The summed E-state index contributed by atoms with van der Waals surface area (Å²) in [6.45, 7) is 0. The van der Waals surface area contributed by atoms with Crippen LogP contribution in [0.15, 0.2) is 72.3 Å². The molecule has 0 radical (unpaired) electrons. The van der Waals surface area contributed by atoms with Gasteiger partial charge in [0.25, 0.3) is 0 Å². The molecule has 0 aliphatic heterocycles. The highest BCUT2D eigenvalue weighted by Gasteiger charge is 2.25. The summed E-state index contributed by atoms with van der Waals surface area (Å²) in [4.78, 5) is 0. The van der Waals surface area contributed by atoms with Gasteiger partial charge in [-0.3, -0.25) is 0 Å². The lowest BCUT2D eigenvalue weighted by molar-refractivity contribution is 0.414. The lowest BCUT2D eigenvalue weighted by Crippen LogP contribution is -2.29. The van der Waals surface area contributed by atoms with Gasteiger partial charge < -0.3 is 20.9 Å². The number of benzene rings is 3. The van der Waals surface area contributed by atoms with Crippen molar-refractivity contribution in [3.05, 3.63) is 94.6 Å². The fourth-order valence-corrected chi connectivity index (χ4v) is 3.84. The molecule has 3 aromatic carbocycles. The Morgan fingerprint density at radius 2 is 1.37 bits per heavy atom. The smallest absolute Gasteiger partial charge is 0.118 e. The van der Waals surface area contributed by atoms with Crippen LogP contribution in [-0.4, -0.2) is 20.3 Å². The maximum absolute atomic E-state index is 6.77. The Bertz CT molecular complexity index is 1100. The van der Waals surface area contributed by atoms with Gasteiger partial charge in [0.05, 0.1) is 20.3 Å². The second kappa shape index (κ2) is 8.47. The van der Waals surface area contributed by atoms with Gasteiger partial charge in [0.15, 0.2) is 0 Å². The monoisotopic (exact) mass is 398 g/mol. The molecular weight excluding hydrogens is 372 g/mol. The van der Waals surface area contributed by atoms with E-state index in [1.165, 1.54) is 5.56 Å². The Hall–Kier alpha value is -3.50. The maximum atomic E-state index is 6.77. The topological polar surface area (TPSA) is 70.5 Å². The number of methoxy groups -OCH3 is 2. The molecule has 3 aromatic rings. The first-order valence-corrected chi connectivity index (χ1v) is 9.92. The van der Waals surface area contributed by atoms with E-state index in [1.807, 2.05) is 60.7 Å². The molecule has 0 spiro atoms. The van der Waals surface area contributed by atoms with Crippen molar-refractivity contribution in [2.45, 2.75) is 12.5 Å². The lowest BCUT2D eigenvalue weighted by Gasteiger charge is -2.29. The van der Waals surface area contributed by atoms with E-state index in [2.05, 4.69) is 18.2 Å². The molecule has 1 unspecified atom stereocenters. The molecule has 152 valence electrons. The zero-order valence-electron chi connectivity index (χ0n) is 17.3. The average molecular weight is 399 g/mol. The van der Waals surface area contributed by atoms with Gasteiger partial charge in [0.1, 0.15) is 11.5 Å². The number of rotatable bonds is 4. The van der Waals surface area contributed by atoms with E-state index in [1.54, 1.807) is 14.2 Å². The third-order valence-corrected chi connectivity index (χ3v) is 5.48. The average Bonchev–Trinajstić information content (AvgIpc) is 2.77. The van der Waals surface area contributed by atoms with E-state index in [0.717, 1.165) is 51.4 Å². The number of nitrogen functional groups attached to an aromatic ring is 1. The summed E-state index contributed by atoms with van der Waals surface area (Å²) in [6, 6.07) is 21.8. The lowest BCUT2D eigenvalue weighted by atomic mass is 9.79. The normalized spacial score (nSPS) is 18.3. The molecule has 30 heavy (non-hydrogen) atoms. The molecule has 1 atom stereocenters. The second-order valence-electron chi connectivity index (χ2n) is 7.44. The maximum Gasteiger partial charge on any atom is 0.118 e. The van der Waals surface area contributed by atoms with Crippen LogP contribution >= 0.6 is 0 Å². The molecular formula is C26H26N2O2. The minimum absolute atomic E-state index is 0.203. The van der Waals surface area contributed by atoms with Gasteiger partial charge in [-0.05, 0) is 82.3 Å². The third-order valence-electron chi connectivity index (χ3n) is 5.48. The predicted molar refractivity (Wildman–Crippen MR) is 124 cm³/mol. The summed E-state index contributed by atoms with van der Waals surface area (Å²) in [7, 11) is 3.34. The van der Waals surface area contributed by atoms with Crippen LogP contribution in [0.5, 0.6) is 11.5 Å². The van der Waals surface area contributed by atoms with Crippen molar-refractivity contribution in [2.24, 2.45) is 5.73 Å². The molecule has 4 N–H and O–H groups in total. The molecule has 1 aliphatic rings. The van der Waals surface area contributed by atoms with E-state index < -0.39 is 0 Å². The molecule has 4 heteroatoms. The molecule has 0 aromatic heterocycles. The van der Waals surface area contributed by atoms with Crippen LogP contribution in [0.1, 0.15) is 22.3 Å². The first-order chi connectivity index (χ1) is 14.6. The van der Waals surface area contributed by atoms with Crippen LogP contribution in [-0.2, 0) is 6.42 Å². The highest BCUT2D eigenvalue weighted by Crippen LogP contribution is 2.36. The predicted octanol–water partition coefficient (Wildman–Crippen LogP) is 4.79. The number of hydrogen-bond acceptors (Lipinski definition) is 4. The number of hydrogen-bond donors (Lipinski definition) is 2. The number of nitrogens with two attached hydrogens (primary N) is 2. The molecule has 0 saturated heterocycles. The number of anilines is 1. The van der Waals surface area contributed by atoms with Crippen LogP contribution in [0.2, 0.25) is 0 Å². The van der Waals surface area contributed by atoms with Gasteiger partial charge in [0, 0.05) is 5.69 Å². The highest BCUT2D eigenvalue weighted by molar-refractivity contribution is 5.90. The minimum atomic E-state index is -0.203. The zero-order valence-corrected chi connectivity index (χ0v) is 17.3. The third kappa shape index (κ3) is 4.09. The summed E-state index contributed by atoms with van der Waals surface area (Å²) < 4.78 is 10.5. The fraction of sp³-hybridized carbons (Fsp3) is 0.154. The van der Waals surface area contributed by atoms with E-state index in [9.17, 15) is 0 Å². The summed E-state index contributed by atoms with van der Waals surface area (Å²) in [5.74, 6) is 1.67. The van der Waals surface area contributed by atoms with Gasteiger partial charge in [0.2, 0.25) is 0 Å². The fourth-order valence-electron chi connectivity index (χ4n) is 3.84. The first kappa shape index (κ1) is 19.8. The molecule has 4 rings (SSSR count). The van der Waals surface area contributed by atoms with Crippen molar-refractivity contribution in [2.75, 3.05) is 20.0 Å². The van der Waals surface area contributed by atoms with E-state index in [4.69, 9.17) is 20.9 Å².